The van der Waals surface area contributed by atoms with Crippen molar-refractivity contribution in [1.82, 2.24) is 10.3 Å². The van der Waals surface area contributed by atoms with Gasteiger partial charge in [0.05, 0.1) is 11.2 Å². The first-order valence-corrected chi connectivity index (χ1v) is 7.01. The molecule has 2 heterocycles. The SMILES string of the molecule is CC1C(=O)NC(=O)N(c2cccc3cc(Br)cnc23)C1=O. The molecule has 1 atom stereocenters. The summed E-state index contributed by atoms with van der Waals surface area (Å²) in [5.41, 5.74) is 0.882. The van der Waals surface area contributed by atoms with Crippen LogP contribution in [-0.4, -0.2) is 22.8 Å². The second-order valence-corrected chi connectivity index (χ2v) is 5.61. The molecule has 0 radical (unpaired) electrons. The lowest BCUT2D eigenvalue weighted by atomic mass is 10.1. The standard InChI is InChI=1S/C14H10BrN3O3/c1-7-12(19)17-14(21)18(13(7)20)10-4-2-3-8-5-9(15)6-16-11(8)10/h2-7H,1H3,(H,17,19,21). The Morgan fingerprint density at radius 3 is 2.81 bits per heavy atom. The molecule has 7 heteroatoms. The van der Waals surface area contributed by atoms with E-state index in [4.69, 9.17) is 0 Å². The average Bonchev–Trinajstić information content (AvgIpc) is 2.45. The van der Waals surface area contributed by atoms with Crippen LogP contribution in [-0.2, 0) is 9.59 Å². The van der Waals surface area contributed by atoms with Gasteiger partial charge in [0.15, 0.2) is 0 Å². The number of hydrogen-bond donors (Lipinski definition) is 1. The molecule has 4 amide bonds. The number of benzene rings is 1. The summed E-state index contributed by atoms with van der Waals surface area (Å²) >= 11 is 3.33. The van der Waals surface area contributed by atoms with Gasteiger partial charge in [0.25, 0.3) is 0 Å². The zero-order valence-corrected chi connectivity index (χ0v) is 12.5. The van der Waals surface area contributed by atoms with Crippen LogP contribution in [0.25, 0.3) is 10.9 Å². The van der Waals surface area contributed by atoms with Crippen LogP contribution in [0.3, 0.4) is 0 Å². The number of fused-ring (bicyclic) bond motifs is 1. The largest absolute Gasteiger partial charge is 0.335 e. The van der Waals surface area contributed by atoms with Crippen LogP contribution in [0.1, 0.15) is 6.92 Å². The van der Waals surface area contributed by atoms with Crippen molar-refractivity contribution in [2.45, 2.75) is 6.92 Å². The zero-order chi connectivity index (χ0) is 15.1. The van der Waals surface area contributed by atoms with E-state index in [0.29, 0.717) is 11.2 Å². The van der Waals surface area contributed by atoms with Crippen molar-refractivity contribution in [2.24, 2.45) is 5.92 Å². The predicted octanol–water partition coefficient (Wildman–Crippen LogP) is 2.22. The summed E-state index contributed by atoms with van der Waals surface area (Å²) in [6.07, 6.45) is 1.59. The maximum absolute atomic E-state index is 12.3. The van der Waals surface area contributed by atoms with E-state index in [0.717, 1.165) is 14.8 Å². The minimum atomic E-state index is -0.909. The molecule has 0 bridgehead atoms. The molecule has 1 unspecified atom stereocenters. The molecule has 0 aliphatic carbocycles. The molecule has 1 aliphatic rings. The number of para-hydroxylation sites is 1. The summed E-state index contributed by atoms with van der Waals surface area (Å²) in [4.78, 5) is 41.0. The Kier molecular flexibility index (Phi) is 3.21. The van der Waals surface area contributed by atoms with Gasteiger partial charge < -0.3 is 0 Å². The number of pyridine rings is 1. The molecule has 0 saturated carbocycles. The minimum Gasteiger partial charge on any atom is -0.277 e. The van der Waals surface area contributed by atoms with Crippen molar-refractivity contribution >= 4 is 50.4 Å². The second kappa shape index (κ2) is 4.92. The van der Waals surface area contributed by atoms with Crippen LogP contribution in [0.5, 0.6) is 0 Å². The van der Waals surface area contributed by atoms with Crippen molar-refractivity contribution in [2.75, 3.05) is 4.90 Å². The molecular formula is C14H10BrN3O3. The Bertz CT molecular complexity index is 790. The number of anilines is 1. The fraction of sp³-hybridized carbons (Fsp3) is 0.143. The normalized spacial score (nSPS) is 19.0. The fourth-order valence-corrected chi connectivity index (χ4v) is 2.55. The molecule has 21 heavy (non-hydrogen) atoms. The predicted molar refractivity (Wildman–Crippen MR) is 79.6 cm³/mol. The maximum Gasteiger partial charge on any atom is 0.335 e. The molecule has 1 aromatic heterocycles. The van der Waals surface area contributed by atoms with E-state index in [2.05, 4.69) is 26.2 Å². The van der Waals surface area contributed by atoms with Gasteiger partial charge >= 0.3 is 6.03 Å². The highest BCUT2D eigenvalue weighted by Crippen LogP contribution is 2.29. The Balaban J connectivity index is 2.18. The van der Waals surface area contributed by atoms with Crippen LogP contribution in [0.15, 0.2) is 34.9 Å². The van der Waals surface area contributed by atoms with Crippen LogP contribution < -0.4 is 10.2 Å². The quantitative estimate of drug-likeness (QED) is 0.802. The number of halogens is 1. The second-order valence-electron chi connectivity index (χ2n) is 4.69. The van der Waals surface area contributed by atoms with Gasteiger partial charge in [-0.25, -0.2) is 9.69 Å². The number of amides is 4. The lowest BCUT2D eigenvalue weighted by Crippen LogP contribution is -2.57. The number of barbiturate groups is 1. The third-order valence-corrected chi connectivity index (χ3v) is 3.75. The van der Waals surface area contributed by atoms with Gasteiger partial charge in [0.1, 0.15) is 5.92 Å². The molecule has 1 saturated heterocycles. The van der Waals surface area contributed by atoms with Gasteiger partial charge in [-0.3, -0.25) is 19.9 Å². The summed E-state index contributed by atoms with van der Waals surface area (Å²) in [6, 6.07) is 6.28. The molecule has 3 rings (SSSR count). The number of imide groups is 2. The first-order chi connectivity index (χ1) is 9.99. The number of urea groups is 1. The van der Waals surface area contributed by atoms with E-state index in [9.17, 15) is 14.4 Å². The number of nitrogens with zero attached hydrogens (tertiary/aromatic N) is 2. The molecule has 1 N–H and O–H groups in total. The van der Waals surface area contributed by atoms with Crippen molar-refractivity contribution in [3.05, 3.63) is 34.9 Å². The Morgan fingerprint density at radius 1 is 1.29 bits per heavy atom. The number of rotatable bonds is 1. The van der Waals surface area contributed by atoms with Gasteiger partial charge in [-0.05, 0) is 35.0 Å². The highest BCUT2D eigenvalue weighted by Gasteiger charge is 2.39. The first-order valence-electron chi connectivity index (χ1n) is 6.22. The van der Waals surface area contributed by atoms with Crippen molar-refractivity contribution in [3.63, 3.8) is 0 Å². The van der Waals surface area contributed by atoms with Crippen LogP contribution in [0.4, 0.5) is 10.5 Å². The van der Waals surface area contributed by atoms with Gasteiger partial charge in [0.2, 0.25) is 11.8 Å². The lowest BCUT2D eigenvalue weighted by molar-refractivity contribution is -0.133. The number of carbonyl (C=O) groups is 3. The first kappa shape index (κ1) is 13.7. The van der Waals surface area contributed by atoms with E-state index in [1.54, 1.807) is 18.3 Å². The number of aromatic nitrogens is 1. The maximum atomic E-state index is 12.3. The van der Waals surface area contributed by atoms with E-state index in [1.165, 1.54) is 6.92 Å². The summed E-state index contributed by atoms with van der Waals surface area (Å²) in [6.45, 7) is 1.46. The van der Waals surface area contributed by atoms with Crippen molar-refractivity contribution < 1.29 is 14.4 Å². The third kappa shape index (κ3) is 2.19. The summed E-state index contributed by atoms with van der Waals surface area (Å²) in [7, 11) is 0. The fourth-order valence-electron chi connectivity index (χ4n) is 2.20. The summed E-state index contributed by atoms with van der Waals surface area (Å²) in [5, 5.41) is 2.96. The Morgan fingerprint density at radius 2 is 2.05 bits per heavy atom. The Hall–Kier alpha value is -2.28. The van der Waals surface area contributed by atoms with E-state index in [-0.39, 0.29) is 0 Å². The molecule has 106 valence electrons. The van der Waals surface area contributed by atoms with Crippen molar-refractivity contribution in [1.29, 1.82) is 0 Å². The van der Waals surface area contributed by atoms with Gasteiger partial charge in [-0.2, -0.15) is 0 Å². The van der Waals surface area contributed by atoms with Gasteiger partial charge in [-0.15, -0.1) is 0 Å². The van der Waals surface area contributed by atoms with Gasteiger partial charge in [0, 0.05) is 16.1 Å². The summed E-state index contributed by atoms with van der Waals surface area (Å²) < 4.78 is 0.796. The van der Waals surface area contributed by atoms with Crippen LogP contribution >= 0.6 is 15.9 Å². The molecule has 1 aromatic carbocycles. The third-order valence-electron chi connectivity index (χ3n) is 3.31. The molecule has 2 aromatic rings. The highest BCUT2D eigenvalue weighted by atomic mass is 79.9. The molecule has 6 nitrogen and oxygen atoms in total. The topological polar surface area (TPSA) is 79.4 Å². The highest BCUT2D eigenvalue weighted by molar-refractivity contribution is 9.10. The summed E-state index contributed by atoms with van der Waals surface area (Å²) in [5.74, 6) is -2.05. The number of nitrogens with one attached hydrogen (secondary N) is 1. The average molecular weight is 348 g/mol. The zero-order valence-electron chi connectivity index (χ0n) is 11.0. The molecule has 1 fully saturated rings. The molecule has 1 aliphatic heterocycles. The van der Waals surface area contributed by atoms with Crippen LogP contribution in [0, 0.1) is 5.92 Å². The molecule has 0 spiro atoms. The molecular weight excluding hydrogens is 338 g/mol. The minimum absolute atomic E-state index is 0.363. The van der Waals surface area contributed by atoms with E-state index in [1.807, 2.05) is 12.1 Å². The van der Waals surface area contributed by atoms with Crippen molar-refractivity contribution in [3.8, 4) is 0 Å². The van der Waals surface area contributed by atoms with E-state index < -0.39 is 23.8 Å². The number of hydrogen-bond acceptors (Lipinski definition) is 4. The van der Waals surface area contributed by atoms with Gasteiger partial charge in [-0.1, -0.05) is 12.1 Å². The monoisotopic (exact) mass is 347 g/mol. The van der Waals surface area contributed by atoms with Crippen LogP contribution in [0.2, 0.25) is 0 Å². The lowest BCUT2D eigenvalue weighted by Gasteiger charge is -2.28. The number of carbonyl (C=O) groups excluding carboxylic acids is 3. The smallest absolute Gasteiger partial charge is 0.277 e. The van der Waals surface area contributed by atoms with E-state index >= 15 is 0 Å². The Labute approximate surface area is 128 Å².